The smallest absolute Gasteiger partial charge is 0.185 e. The van der Waals surface area contributed by atoms with Gasteiger partial charge < -0.3 is 19.6 Å². The molecular weight excluding hydrogens is 359 g/mol. The Morgan fingerprint density at radius 2 is 1.93 bits per heavy atom. The van der Waals surface area contributed by atoms with Gasteiger partial charge in [-0.05, 0) is 48.5 Å². The summed E-state index contributed by atoms with van der Waals surface area (Å²) in [5.74, 6) is -0.320. The summed E-state index contributed by atoms with van der Waals surface area (Å²) in [6.07, 6.45) is 2.95. The lowest BCUT2D eigenvalue weighted by atomic mass is 10.1. The van der Waals surface area contributed by atoms with Gasteiger partial charge in [-0.15, -0.1) is 0 Å². The molecule has 148 valence electrons. The Bertz CT molecular complexity index is 874. The Hall–Kier alpha value is -2.86. The zero-order valence-corrected chi connectivity index (χ0v) is 16.2. The molecule has 0 saturated carbocycles. The van der Waals surface area contributed by atoms with Crippen molar-refractivity contribution in [2.24, 2.45) is 0 Å². The summed E-state index contributed by atoms with van der Waals surface area (Å²) >= 11 is 0. The summed E-state index contributed by atoms with van der Waals surface area (Å²) in [7, 11) is 1.47. The van der Waals surface area contributed by atoms with E-state index < -0.39 is 0 Å². The third kappa shape index (κ3) is 4.51. The molecule has 6 heteroatoms. The van der Waals surface area contributed by atoms with Crippen LogP contribution in [-0.2, 0) is 0 Å². The van der Waals surface area contributed by atoms with Crippen LogP contribution < -0.4 is 9.64 Å². The Morgan fingerprint density at radius 1 is 1.18 bits per heavy atom. The average molecular weight is 384 g/mol. The van der Waals surface area contributed by atoms with Gasteiger partial charge in [0.25, 0.3) is 0 Å². The molecule has 1 N–H and O–H groups in total. The molecule has 2 aromatic rings. The van der Waals surface area contributed by atoms with Crippen LogP contribution in [0.3, 0.4) is 0 Å². The van der Waals surface area contributed by atoms with Gasteiger partial charge in [-0.3, -0.25) is 4.79 Å². The van der Waals surface area contributed by atoms with E-state index >= 15 is 0 Å². The first kappa shape index (κ1) is 19.9. The van der Waals surface area contributed by atoms with Crippen LogP contribution in [0.4, 0.5) is 10.1 Å². The number of rotatable bonds is 6. The molecule has 3 rings (SSSR count). The SMILES string of the molecule is CCN1CCN(c2ccc(C(=O)/C=C/c3ccc(OC)c(O)c3)cc2F)CC1. The molecule has 0 aliphatic carbocycles. The highest BCUT2D eigenvalue weighted by atomic mass is 19.1. The van der Waals surface area contributed by atoms with Crippen LogP contribution in [0.2, 0.25) is 0 Å². The lowest BCUT2D eigenvalue weighted by Gasteiger charge is -2.35. The third-order valence-corrected chi connectivity index (χ3v) is 5.02. The van der Waals surface area contributed by atoms with Gasteiger partial charge in [-0.1, -0.05) is 19.1 Å². The molecule has 1 aliphatic heterocycles. The second-order valence-electron chi connectivity index (χ2n) is 6.72. The summed E-state index contributed by atoms with van der Waals surface area (Å²) in [6, 6.07) is 9.47. The number of piperazine rings is 1. The largest absolute Gasteiger partial charge is 0.504 e. The minimum Gasteiger partial charge on any atom is -0.504 e. The number of likely N-dealkylation sites (N-methyl/N-ethyl adjacent to an activating group) is 1. The first-order valence-corrected chi connectivity index (χ1v) is 9.38. The molecule has 0 amide bonds. The van der Waals surface area contributed by atoms with Crippen molar-refractivity contribution < 1.29 is 19.0 Å². The third-order valence-electron chi connectivity index (χ3n) is 5.02. The molecular formula is C22H25FN2O3. The number of ether oxygens (including phenoxy) is 1. The van der Waals surface area contributed by atoms with Gasteiger partial charge >= 0.3 is 0 Å². The monoisotopic (exact) mass is 384 g/mol. The topological polar surface area (TPSA) is 53.0 Å². The number of allylic oxidation sites excluding steroid dienone is 1. The van der Waals surface area contributed by atoms with Crippen LogP contribution in [0, 0.1) is 5.82 Å². The summed E-state index contributed by atoms with van der Waals surface area (Å²) in [5.41, 5.74) is 1.48. The molecule has 1 saturated heterocycles. The van der Waals surface area contributed by atoms with Gasteiger partial charge in [-0.2, -0.15) is 0 Å². The number of halogens is 1. The molecule has 0 spiro atoms. The maximum atomic E-state index is 14.6. The molecule has 5 nitrogen and oxygen atoms in total. The highest BCUT2D eigenvalue weighted by molar-refractivity contribution is 6.07. The van der Waals surface area contributed by atoms with E-state index in [4.69, 9.17) is 4.74 Å². The maximum Gasteiger partial charge on any atom is 0.185 e. The number of carbonyl (C=O) groups is 1. The van der Waals surface area contributed by atoms with Crippen LogP contribution in [-0.4, -0.2) is 55.6 Å². The minimum atomic E-state index is -0.383. The van der Waals surface area contributed by atoms with Gasteiger partial charge in [0.1, 0.15) is 5.82 Å². The first-order valence-electron chi connectivity index (χ1n) is 9.38. The van der Waals surface area contributed by atoms with Crippen molar-refractivity contribution in [1.29, 1.82) is 0 Å². The molecule has 2 aromatic carbocycles. The van der Waals surface area contributed by atoms with Gasteiger partial charge in [0.15, 0.2) is 17.3 Å². The Balaban J connectivity index is 1.69. The van der Waals surface area contributed by atoms with Crippen molar-refractivity contribution in [3.05, 3.63) is 59.4 Å². The molecule has 0 atom stereocenters. The second kappa shape index (κ2) is 8.89. The number of carbonyl (C=O) groups excluding carboxylic acids is 1. The van der Waals surface area contributed by atoms with Crippen molar-refractivity contribution in [2.75, 3.05) is 44.7 Å². The van der Waals surface area contributed by atoms with Crippen LogP contribution in [0.25, 0.3) is 6.08 Å². The first-order chi connectivity index (χ1) is 13.5. The fourth-order valence-electron chi connectivity index (χ4n) is 3.30. The highest BCUT2D eigenvalue weighted by Gasteiger charge is 2.19. The summed E-state index contributed by atoms with van der Waals surface area (Å²) in [4.78, 5) is 16.7. The van der Waals surface area contributed by atoms with E-state index in [-0.39, 0.29) is 17.3 Å². The molecule has 1 fully saturated rings. The van der Waals surface area contributed by atoms with Crippen molar-refractivity contribution in [1.82, 2.24) is 4.90 Å². The van der Waals surface area contributed by atoms with Crippen LogP contribution >= 0.6 is 0 Å². The molecule has 1 aliphatic rings. The van der Waals surface area contributed by atoms with Crippen molar-refractivity contribution in [3.63, 3.8) is 0 Å². The number of phenols is 1. The van der Waals surface area contributed by atoms with Gasteiger partial charge in [0, 0.05) is 31.7 Å². The number of hydrogen-bond donors (Lipinski definition) is 1. The number of hydrogen-bond acceptors (Lipinski definition) is 5. The number of aromatic hydroxyl groups is 1. The van der Waals surface area contributed by atoms with Crippen LogP contribution in [0.5, 0.6) is 11.5 Å². The van der Waals surface area contributed by atoms with E-state index in [0.717, 1.165) is 32.7 Å². The van der Waals surface area contributed by atoms with Crippen molar-refractivity contribution >= 4 is 17.5 Å². The van der Waals surface area contributed by atoms with Gasteiger partial charge in [0.2, 0.25) is 0 Å². The fourth-order valence-corrected chi connectivity index (χ4v) is 3.30. The number of phenolic OH excluding ortho intramolecular Hbond substituents is 1. The predicted octanol–water partition coefficient (Wildman–Crippen LogP) is 3.58. The Kier molecular flexibility index (Phi) is 6.31. The van der Waals surface area contributed by atoms with E-state index in [2.05, 4.69) is 11.8 Å². The van der Waals surface area contributed by atoms with E-state index in [1.807, 2.05) is 4.90 Å². The Morgan fingerprint density at radius 3 is 2.54 bits per heavy atom. The van der Waals surface area contributed by atoms with Gasteiger partial charge in [0.05, 0.1) is 12.8 Å². The standard InChI is InChI=1S/C22H25FN2O3/c1-3-24-10-12-25(13-11-24)19-7-6-17(15-18(19)23)20(26)8-4-16-5-9-22(28-2)21(27)14-16/h4-9,14-15,27H,3,10-13H2,1-2H3/b8-4+. The lowest BCUT2D eigenvalue weighted by molar-refractivity contribution is 0.104. The molecule has 0 unspecified atom stereocenters. The number of anilines is 1. The Labute approximate surface area is 164 Å². The molecule has 1 heterocycles. The predicted molar refractivity (Wildman–Crippen MR) is 109 cm³/mol. The van der Waals surface area contributed by atoms with E-state index in [1.165, 1.54) is 25.3 Å². The number of nitrogens with zero attached hydrogens (tertiary/aromatic N) is 2. The van der Waals surface area contributed by atoms with Gasteiger partial charge in [-0.25, -0.2) is 4.39 Å². The lowest BCUT2D eigenvalue weighted by Crippen LogP contribution is -2.46. The molecule has 0 aromatic heterocycles. The molecule has 0 radical (unpaired) electrons. The van der Waals surface area contributed by atoms with Crippen molar-refractivity contribution in [2.45, 2.75) is 6.92 Å². The molecule has 0 bridgehead atoms. The van der Waals surface area contributed by atoms with Crippen molar-refractivity contribution in [3.8, 4) is 11.5 Å². The second-order valence-corrected chi connectivity index (χ2v) is 6.72. The number of methoxy groups -OCH3 is 1. The average Bonchev–Trinajstić information content (AvgIpc) is 2.72. The fraction of sp³-hybridized carbons (Fsp3) is 0.318. The molecule has 28 heavy (non-hydrogen) atoms. The quantitative estimate of drug-likeness (QED) is 0.609. The minimum absolute atomic E-state index is 0.00401. The normalized spacial score (nSPS) is 15.2. The number of ketones is 1. The summed E-state index contributed by atoms with van der Waals surface area (Å²) in [5, 5.41) is 9.80. The van der Waals surface area contributed by atoms with E-state index in [0.29, 0.717) is 22.6 Å². The summed E-state index contributed by atoms with van der Waals surface area (Å²) in [6.45, 7) is 6.50. The maximum absolute atomic E-state index is 14.6. The zero-order chi connectivity index (χ0) is 20.1. The van der Waals surface area contributed by atoms with E-state index in [9.17, 15) is 14.3 Å². The van der Waals surface area contributed by atoms with E-state index in [1.54, 1.807) is 30.3 Å². The van der Waals surface area contributed by atoms with Crippen LogP contribution in [0.15, 0.2) is 42.5 Å². The van der Waals surface area contributed by atoms with Crippen LogP contribution in [0.1, 0.15) is 22.8 Å². The number of benzene rings is 2. The zero-order valence-electron chi connectivity index (χ0n) is 16.2. The highest BCUT2D eigenvalue weighted by Crippen LogP contribution is 2.27. The summed E-state index contributed by atoms with van der Waals surface area (Å²) < 4.78 is 19.6.